The van der Waals surface area contributed by atoms with Crippen LogP contribution in [0.25, 0.3) is 0 Å². The summed E-state index contributed by atoms with van der Waals surface area (Å²) >= 11 is 0. The minimum atomic E-state index is 0.250. The molecule has 0 atom stereocenters. The molecule has 0 saturated carbocycles. The molecule has 0 aliphatic rings. The SMILES string of the molecule is CCCc1ccc(Oc2ccc(C)cc2)cc1.NC=O. The van der Waals surface area contributed by atoms with E-state index >= 15 is 0 Å². The number of amides is 1. The van der Waals surface area contributed by atoms with Gasteiger partial charge >= 0.3 is 0 Å². The first-order chi connectivity index (χ1) is 9.69. The third-order valence-electron chi connectivity index (χ3n) is 2.72. The van der Waals surface area contributed by atoms with Crippen LogP contribution in [0.2, 0.25) is 0 Å². The van der Waals surface area contributed by atoms with Gasteiger partial charge in [-0.3, -0.25) is 4.79 Å². The first-order valence-corrected chi connectivity index (χ1v) is 6.68. The van der Waals surface area contributed by atoms with E-state index in [0.717, 1.165) is 17.9 Å². The van der Waals surface area contributed by atoms with Crippen molar-refractivity contribution in [1.29, 1.82) is 0 Å². The maximum atomic E-state index is 8.58. The second-order valence-electron chi connectivity index (χ2n) is 4.45. The van der Waals surface area contributed by atoms with Gasteiger partial charge in [0.05, 0.1) is 0 Å². The number of nitrogens with two attached hydrogens (primary N) is 1. The van der Waals surface area contributed by atoms with Crippen molar-refractivity contribution in [2.24, 2.45) is 5.73 Å². The predicted molar refractivity (Wildman–Crippen MR) is 81.9 cm³/mol. The standard InChI is InChI=1S/C16H18O.CH3NO/c1-3-4-14-7-11-16(12-8-14)17-15-9-5-13(2)6-10-15;2-1-3/h5-12H,3-4H2,1-2H3;1H,(H2,2,3). The lowest BCUT2D eigenvalue weighted by Gasteiger charge is -2.06. The molecule has 0 spiro atoms. The molecule has 0 aliphatic carbocycles. The van der Waals surface area contributed by atoms with Crippen LogP contribution in [0.3, 0.4) is 0 Å². The number of hydrogen-bond acceptors (Lipinski definition) is 2. The molecule has 2 rings (SSSR count). The highest BCUT2D eigenvalue weighted by Gasteiger charge is 1.97. The Morgan fingerprint density at radius 1 is 1.00 bits per heavy atom. The fraction of sp³-hybridized carbons (Fsp3) is 0.235. The van der Waals surface area contributed by atoms with Gasteiger partial charge in [-0.25, -0.2) is 0 Å². The van der Waals surface area contributed by atoms with Crippen molar-refractivity contribution in [3.8, 4) is 11.5 Å². The number of aryl methyl sites for hydroxylation is 2. The van der Waals surface area contributed by atoms with Gasteiger partial charge in [0.2, 0.25) is 6.41 Å². The Bertz CT molecular complexity index is 504. The number of carbonyl (C=O) groups is 1. The normalized spacial score (nSPS) is 9.30. The average molecular weight is 271 g/mol. The zero-order valence-corrected chi connectivity index (χ0v) is 12.0. The summed E-state index contributed by atoms with van der Waals surface area (Å²) in [7, 11) is 0. The number of rotatable bonds is 4. The van der Waals surface area contributed by atoms with Crippen LogP contribution in [0.5, 0.6) is 11.5 Å². The zero-order chi connectivity index (χ0) is 14.8. The van der Waals surface area contributed by atoms with E-state index in [1.54, 1.807) is 0 Å². The Kier molecular flexibility index (Phi) is 6.90. The molecule has 1 amide bonds. The number of hydrogen-bond donors (Lipinski definition) is 1. The summed E-state index contributed by atoms with van der Waals surface area (Å²) in [6.45, 7) is 4.26. The molecule has 0 aliphatic heterocycles. The van der Waals surface area contributed by atoms with Gasteiger partial charge in [-0.15, -0.1) is 0 Å². The molecule has 20 heavy (non-hydrogen) atoms. The highest BCUT2D eigenvalue weighted by Crippen LogP contribution is 2.22. The fourth-order valence-electron chi connectivity index (χ4n) is 1.76. The summed E-state index contributed by atoms with van der Waals surface area (Å²) in [5.41, 5.74) is 6.78. The average Bonchev–Trinajstić information content (AvgIpc) is 2.45. The van der Waals surface area contributed by atoms with Crippen molar-refractivity contribution in [2.75, 3.05) is 0 Å². The summed E-state index contributed by atoms with van der Waals surface area (Å²) in [6, 6.07) is 16.4. The van der Waals surface area contributed by atoms with Crippen LogP contribution >= 0.6 is 0 Å². The van der Waals surface area contributed by atoms with E-state index in [-0.39, 0.29) is 6.41 Å². The maximum Gasteiger partial charge on any atom is 0.204 e. The molecule has 0 fully saturated rings. The quantitative estimate of drug-likeness (QED) is 0.859. The molecule has 0 aromatic heterocycles. The van der Waals surface area contributed by atoms with E-state index in [0.29, 0.717) is 0 Å². The van der Waals surface area contributed by atoms with Gasteiger partial charge in [0.15, 0.2) is 0 Å². The molecule has 2 aromatic carbocycles. The first kappa shape index (κ1) is 15.8. The molecule has 106 valence electrons. The minimum Gasteiger partial charge on any atom is -0.457 e. The van der Waals surface area contributed by atoms with Crippen molar-refractivity contribution >= 4 is 6.41 Å². The highest BCUT2D eigenvalue weighted by atomic mass is 16.5. The first-order valence-electron chi connectivity index (χ1n) is 6.68. The second kappa shape index (κ2) is 8.75. The third-order valence-corrected chi connectivity index (χ3v) is 2.72. The van der Waals surface area contributed by atoms with Crippen molar-refractivity contribution in [3.63, 3.8) is 0 Å². The Labute approximate surface area is 120 Å². The molecule has 3 nitrogen and oxygen atoms in total. The Morgan fingerprint density at radius 3 is 1.90 bits per heavy atom. The van der Waals surface area contributed by atoms with E-state index in [9.17, 15) is 0 Å². The largest absolute Gasteiger partial charge is 0.457 e. The van der Waals surface area contributed by atoms with Crippen LogP contribution in [-0.2, 0) is 11.2 Å². The van der Waals surface area contributed by atoms with Crippen LogP contribution < -0.4 is 10.5 Å². The molecular formula is C17H21NO2. The lowest BCUT2D eigenvalue weighted by atomic mass is 10.1. The van der Waals surface area contributed by atoms with Crippen molar-refractivity contribution in [2.45, 2.75) is 26.7 Å². The van der Waals surface area contributed by atoms with E-state index in [4.69, 9.17) is 9.53 Å². The fourth-order valence-corrected chi connectivity index (χ4v) is 1.76. The monoisotopic (exact) mass is 271 g/mol. The van der Waals surface area contributed by atoms with E-state index in [1.165, 1.54) is 17.5 Å². The molecule has 0 heterocycles. The Morgan fingerprint density at radius 2 is 1.45 bits per heavy atom. The zero-order valence-electron chi connectivity index (χ0n) is 12.0. The molecule has 0 unspecified atom stereocenters. The van der Waals surface area contributed by atoms with Crippen LogP contribution in [0.4, 0.5) is 0 Å². The predicted octanol–water partition coefficient (Wildman–Crippen LogP) is 3.84. The van der Waals surface area contributed by atoms with Crippen molar-refractivity contribution in [3.05, 3.63) is 59.7 Å². The number of primary amides is 1. The van der Waals surface area contributed by atoms with Crippen LogP contribution in [0, 0.1) is 6.92 Å². The lowest BCUT2D eigenvalue weighted by Crippen LogP contribution is -1.86. The summed E-state index contributed by atoms with van der Waals surface area (Å²) in [5.74, 6) is 1.78. The number of ether oxygens (including phenoxy) is 1. The van der Waals surface area contributed by atoms with Crippen LogP contribution in [-0.4, -0.2) is 6.41 Å². The van der Waals surface area contributed by atoms with Gasteiger partial charge in [0, 0.05) is 0 Å². The van der Waals surface area contributed by atoms with E-state index in [1.807, 2.05) is 24.3 Å². The van der Waals surface area contributed by atoms with E-state index < -0.39 is 0 Å². The molecule has 0 bridgehead atoms. The second-order valence-corrected chi connectivity index (χ2v) is 4.45. The summed E-state index contributed by atoms with van der Waals surface area (Å²) in [6.07, 6.45) is 2.56. The van der Waals surface area contributed by atoms with Gasteiger partial charge in [-0.05, 0) is 43.2 Å². The molecule has 0 radical (unpaired) electrons. The topological polar surface area (TPSA) is 52.3 Å². The minimum absolute atomic E-state index is 0.250. The summed E-state index contributed by atoms with van der Waals surface area (Å²) in [5, 5.41) is 0. The lowest BCUT2D eigenvalue weighted by molar-refractivity contribution is -0.106. The smallest absolute Gasteiger partial charge is 0.204 e. The third kappa shape index (κ3) is 5.57. The maximum absolute atomic E-state index is 8.58. The van der Waals surface area contributed by atoms with Crippen LogP contribution in [0.15, 0.2) is 48.5 Å². The van der Waals surface area contributed by atoms with Crippen LogP contribution in [0.1, 0.15) is 24.5 Å². The summed E-state index contributed by atoms with van der Waals surface area (Å²) in [4.78, 5) is 8.58. The Hall–Kier alpha value is -2.29. The van der Waals surface area contributed by atoms with Gasteiger partial charge in [-0.1, -0.05) is 43.2 Å². The van der Waals surface area contributed by atoms with Crippen molar-refractivity contribution < 1.29 is 9.53 Å². The highest BCUT2D eigenvalue weighted by molar-refractivity contribution is 5.42. The molecule has 0 saturated heterocycles. The Balaban J connectivity index is 0.000000612. The number of benzene rings is 2. The molecule has 2 N–H and O–H groups in total. The van der Waals surface area contributed by atoms with E-state index in [2.05, 4.69) is 43.8 Å². The van der Waals surface area contributed by atoms with Crippen molar-refractivity contribution in [1.82, 2.24) is 0 Å². The van der Waals surface area contributed by atoms with Gasteiger partial charge in [-0.2, -0.15) is 0 Å². The summed E-state index contributed by atoms with van der Waals surface area (Å²) < 4.78 is 5.77. The molecule has 3 heteroatoms. The molecule has 2 aromatic rings. The number of carbonyl (C=O) groups excluding carboxylic acids is 1. The van der Waals surface area contributed by atoms with Gasteiger partial charge in [0.1, 0.15) is 11.5 Å². The molecular weight excluding hydrogens is 250 g/mol. The van der Waals surface area contributed by atoms with Gasteiger partial charge < -0.3 is 10.5 Å². The van der Waals surface area contributed by atoms with Gasteiger partial charge in [0.25, 0.3) is 0 Å².